The molecule has 2 heterocycles. The van der Waals surface area contributed by atoms with Gasteiger partial charge in [0.1, 0.15) is 5.01 Å². The van der Waals surface area contributed by atoms with Crippen molar-refractivity contribution in [2.45, 2.75) is 19.3 Å². The molecule has 1 aliphatic rings. The second kappa shape index (κ2) is 7.67. The predicted molar refractivity (Wildman–Crippen MR) is 105 cm³/mol. The van der Waals surface area contributed by atoms with E-state index in [9.17, 15) is 9.59 Å². The smallest absolute Gasteiger partial charge is 0.230 e. The van der Waals surface area contributed by atoms with Crippen LogP contribution in [0, 0.1) is 5.92 Å². The first-order valence-electron chi connectivity index (χ1n) is 8.74. The van der Waals surface area contributed by atoms with Crippen LogP contribution in [0.4, 0.5) is 11.4 Å². The SMILES string of the molecule is O=C(Cc1csc(-c2ccccn2)n1)Nc1ccc(NC(=O)C2CC2)cc1. The Morgan fingerprint density at radius 2 is 1.78 bits per heavy atom. The van der Waals surface area contributed by atoms with Crippen LogP contribution in [0.3, 0.4) is 0 Å². The van der Waals surface area contributed by atoms with Gasteiger partial charge in [0.2, 0.25) is 11.8 Å². The van der Waals surface area contributed by atoms with Gasteiger partial charge in [0.25, 0.3) is 0 Å². The largest absolute Gasteiger partial charge is 0.326 e. The van der Waals surface area contributed by atoms with E-state index >= 15 is 0 Å². The number of rotatable bonds is 6. The van der Waals surface area contributed by atoms with E-state index < -0.39 is 0 Å². The summed E-state index contributed by atoms with van der Waals surface area (Å²) in [5.41, 5.74) is 2.94. The fourth-order valence-corrected chi connectivity index (χ4v) is 3.39. The number of hydrogen-bond donors (Lipinski definition) is 2. The molecule has 2 amide bonds. The first-order chi connectivity index (χ1) is 13.2. The molecule has 2 aromatic heterocycles. The number of thiazole rings is 1. The fourth-order valence-electron chi connectivity index (χ4n) is 2.59. The number of pyridine rings is 1. The summed E-state index contributed by atoms with van der Waals surface area (Å²) in [5, 5.41) is 8.40. The van der Waals surface area contributed by atoms with Crippen LogP contribution >= 0.6 is 11.3 Å². The molecule has 6 nitrogen and oxygen atoms in total. The Bertz CT molecular complexity index is 950. The van der Waals surface area contributed by atoms with Crippen molar-refractivity contribution in [1.29, 1.82) is 0 Å². The van der Waals surface area contributed by atoms with Gasteiger partial charge in [0, 0.05) is 28.9 Å². The number of carbonyl (C=O) groups is 2. The molecule has 0 unspecified atom stereocenters. The summed E-state index contributed by atoms with van der Waals surface area (Å²) in [6.07, 6.45) is 3.86. The van der Waals surface area contributed by atoms with Crippen LogP contribution in [0.15, 0.2) is 54.0 Å². The first kappa shape index (κ1) is 17.4. The normalized spacial score (nSPS) is 13.2. The van der Waals surface area contributed by atoms with Crippen LogP contribution in [0.5, 0.6) is 0 Å². The zero-order valence-corrected chi connectivity index (χ0v) is 15.3. The van der Waals surface area contributed by atoms with Gasteiger partial charge in [0.05, 0.1) is 17.8 Å². The summed E-state index contributed by atoms with van der Waals surface area (Å²) in [6, 6.07) is 12.8. The van der Waals surface area contributed by atoms with Gasteiger partial charge in [0.15, 0.2) is 0 Å². The van der Waals surface area contributed by atoms with Gasteiger partial charge in [-0.25, -0.2) is 4.98 Å². The molecular weight excluding hydrogens is 360 g/mol. The zero-order chi connectivity index (χ0) is 18.6. The number of hydrogen-bond acceptors (Lipinski definition) is 5. The van der Waals surface area contributed by atoms with Crippen molar-refractivity contribution in [3.05, 3.63) is 59.7 Å². The van der Waals surface area contributed by atoms with Gasteiger partial charge in [-0.3, -0.25) is 14.6 Å². The maximum Gasteiger partial charge on any atom is 0.230 e. The van der Waals surface area contributed by atoms with Crippen molar-refractivity contribution in [2.75, 3.05) is 10.6 Å². The molecule has 27 heavy (non-hydrogen) atoms. The molecule has 7 heteroatoms. The van der Waals surface area contributed by atoms with Gasteiger partial charge < -0.3 is 10.6 Å². The molecule has 1 saturated carbocycles. The summed E-state index contributed by atoms with van der Waals surface area (Å²) in [5.74, 6) is 0.0973. The van der Waals surface area contributed by atoms with Crippen LogP contribution in [0.25, 0.3) is 10.7 Å². The van der Waals surface area contributed by atoms with Crippen molar-refractivity contribution >= 4 is 34.5 Å². The van der Waals surface area contributed by atoms with Gasteiger partial charge in [-0.15, -0.1) is 11.3 Å². The number of nitrogens with one attached hydrogen (secondary N) is 2. The lowest BCUT2D eigenvalue weighted by Gasteiger charge is -2.07. The Labute approximate surface area is 160 Å². The van der Waals surface area contributed by atoms with Crippen molar-refractivity contribution < 1.29 is 9.59 Å². The molecule has 0 radical (unpaired) electrons. The Kier molecular flexibility index (Phi) is 4.93. The average molecular weight is 378 g/mol. The molecule has 0 aliphatic heterocycles. The van der Waals surface area contributed by atoms with Crippen molar-refractivity contribution in [2.24, 2.45) is 5.92 Å². The van der Waals surface area contributed by atoms with Gasteiger partial charge in [-0.1, -0.05) is 6.07 Å². The number of amides is 2. The molecule has 1 fully saturated rings. The minimum Gasteiger partial charge on any atom is -0.326 e. The van der Waals surface area contributed by atoms with E-state index in [1.54, 1.807) is 30.5 Å². The molecule has 0 saturated heterocycles. The molecule has 0 spiro atoms. The lowest BCUT2D eigenvalue weighted by molar-refractivity contribution is -0.117. The summed E-state index contributed by atoms with van der Waals surface area (Å²) in [6.45, 7) is 0. The second-order valence-corrected chi connectivity index (χ2v) is 7.28. The summed E-state index contributed by atoms with van der Waals surface area (Å²) in [7, 11) is 0. The zero-order valence-electron chi connectivity index (χ0n) is 14.5. The third-order valence-corrected chi connectivity index (χ3v) is 5.08. The topological polar surface area (TPSA) is 84.0 Å². The Morgan fingerprint density at radius 3 is 2.44 bits per heavy atom. The number of aromatic nitrogens is 2. The third-order valence-electron chi connectivity index (χ3n) is 4.16. The Hall–Kier alpha value is -3.06. The van der Waals surface area contributed by atoms with E-state index in [4.69, 9.17) is 0 Å². The van der Waals surface area contributed by atoms with Crippen molar-refractivity contribution in [3.63, 3.8) is 0 Å². The summed E-state index contributed by atoms with van der Waals surface area (Å²) >= 11 is 1.47. The van der Waals surface area contributed by atoms with E-state index in [-0.39, 0.29) is 24.2 Å². The van der Waals surface area contributed by atoms with Gasteiger partial charge >= 0.3 is 0 Å². The van der Waals surface area contributed by atoms with E-state index in [0.717, 1.165) is 29.2 Å². The fraction of sp³-hybridized carbons (Fsp3) is 0.200. The first-order valence-corrected chi connectivity index (χ1v) is 9.62. The monoisotopic (exact) mass is 378 g/mol. The van der Waals surface area contributed by atoms with Crippen molar-refractivity contribution in [3.8, 4) is 10.7 Å². The van der Waals surface area contributed by atoms with E-state index in [2.05, 4.69) is 20.6 Å². The van der Waals surface area contributed by atoms with Crippen molar-refractivity contribution in [1.82, 2.24) is 9.97 Å². The molecule has 0 bridgehead atoms. The Balaban J connectivity index is 1.32. The number of carbonyl (C=O) groups excluding carboxylic acids is 2. The van der Waals surface area contributed by atoms with Gasteiger partial charge in [-0.05, 0) is 49.2 Å². The number of anilines is 2. The minimum atomic E-state index is -0.136. The third kappa shape index (κ3) is 4.57. The number of nitrogens with zero attached hydrogens (tertiary/aromatic N) is 2. The highest BCUT2D eigenvalue weighted by molar-refractivity contribution is 7.13. The maximum absolute atomic E-state index is 12.3. The maximum atomic E-state index is 12.3. The quantitative estimate of drug-likeness (QED) is 0.684. The van der Waals surface area contributed by atoms with E-state index in [1.165, 1.54) is 11.3 Å². The predicted octanol–water partition coefficient (Wildman–Crippen LogP) is 3.73. The van der Waals surface area contributed by atoms with Crippen LogP contribution < -0.4 is 10.6 Å². The van der Waals surface area contributed by atoms with Crippen LogP contribution in [0.2, 0.25) is 0 Å². The Morgan fingerprint density at radius 1 is 1.04 bits per heavy atom. The molecule has 4 rings (SSSR count). The minimum absolute atomic E-state index is 0.0685. The highest BCUT2D eigenvalue weighted by Crippen LogP contribution is 2.30. The summed E-state index contributed by atoms with van der Waals surface area (Å²) in [4.78, 5) is 32.8. The highest BCUT2D eigenvalue weighted by atomic mass is 32.1. The van der Waals surface area contributed by atoms with Crippen LogP contribution in [0.1, 0.15) is 18.5 Å². The molecular formula is C20H18N4O2S. The lowest BCUT2D eigenvalue weighted by atomic mass is 10.2. The number of benzene rings is 1. The molecule has 1 aliphatic carbocycles. The highest BCUT2D eigenvalue weighted by Gasteiger charge is 2.29. The van der Waals surface area contributed by atoms with Gasteiger partial charge in [-0.2, -0.15) is 0 Å². The second-order valence-electron chi connectivity index (χ2n) is 6.42. The molecule has 2 N–H and O–H groups in total. The molecule has 136 valence electrons. The average Bonchev–Trinajstić information content (AvgIpc) is 3.44. The van der Waals surface area contributed by atoms with Crippen LogP contribution in [-0.2, 0) is 16.0 Å². The van der Waals surface area contributed by atoms with E-state index in [1.807, 2.05) is 23.6 Å². The lowest BCUT2D eigenvalue weighted by Crippen LogP contribution is -2.15. The van der Waals surface area contributed by atoms with Crippen LogP contribution in [-0.4, -0.2) is 21.8 Å². The standard InChI is InChI=1S/C20H18N4O2S/c25-18(11-16-12-27-20(24-16)17-3-1-2-10-21-17)22-14-6-8-15(9-7-14)23-19(26)13-4-5-13/h1-3,6-10,12-13H,4-5,11H2,(H,22,25)(H,23,26). The molecule has 1 aromatic carbocycles. The summed E-state index contributed by atoms with van der Waals surface area (Å²) < 4.78 is 0. The van der Waals surface area contributed by atoms with E-state index in [0.29, 0.717) is 11.4 Å². The molecule has 0 atom stereocenters. The molecule has 3 aromatic rings.